The van der Waals surface area contributed by atoms with E-state index in [9.17, 15) is 9.59 Å². The van der Waals surface area contributed by atoms with E-state index < -0.39 is 5.97 Å². The van der Waals surface area contributed by atoms with E-state index >= 15 is 0 Å². The lowest BCUT2D eigenvalue weighted by molar-refractivity contribution is -0.136. The van der Waals surface area contributed by atoms with Crippen LogP contribution < -0.4 is 15.5 Å². The highest BCUT2D eigenvalue weighted by Crippen LogP contribution is 2.37. The van der Waals surface area contributed by atoms with Gasteiger partial charge in [0.05, 0.1) is 12.6 Å². The van der Waals surface area contributed by atoms with Crippen LogP contribution in [0.1, 0.15) is 23.6 Å². The van der Waals surface area contributed by atoms with Gasteiger partial charge in [0.15, 0.2) is 0 Å². The molecule has 1 aliphatic heterocycles. The van der Waals surface area contributed by atoms with Crippen LogP contribution in [0.5, 0.6) is 0 Å². The van der Waals surface area contributed by atoms with E-state index in [4.69, 9.17) is 10.8 Å². The molecule has 3 aromatic carbocycles. The number of hydrogen-bond acceptors (Lipinski definition) is 3. The molecule has 3 aromatic rings. The van der Waals surface area contributed by atoms with Crippen molar-refractivity contribution in [2.24, 2.45) is 0 Å². The number of carbonyl (C=O) groups excluding carboxylic acids is 1. The molecule has 0 bridgehead atoms. The molecule has 30 heavy (non-hydrogen) atoms. The zero-order chi connectivity index (χ0) is 21.1. The topological polar surface area (TPSA) is 86.9 Å². The molecule has 1 aliphatic rings. The Kier molecular flexibility index (Phi) is 5.39. The molecule has 0 aromatic heterocycles. The van der Waals surface area contributed by atoms with Gasteiger partial charge >= 0.3 is 12.0 Å². The molecule has 1 saturated heterocycles. The number of rotatable bonds is 6. The minimum absolute atomic E-state index is 0.0863. The Balaban J connectivity index is 1.64. The number of hydrogen-bond donors (Lipinski definition) is 2. The second-order valence-electron chi connectivity index (χ2n) is 7.34. The lowest BCUT2D eigenvalue weighted by Crippen LogP contribution is -2.32. The van der Waals surface area contributed by atoms with Crippen molar-refractivity contribution < 1.29 is 14.7 Å². The van der Waals surface area contributed by atoms with Crippen LogP contribution in [0.2, 0.25) is 0 Å². The first-order chi connectivity index (χ1) is 14.5. The summed E-state index contributed by atoms with van der Waals surface area (Å²) in [5, 5.41) is 8.86. The summed E-state index contributed by atoms with van der Waals surface area (Å²) in [6, 6.07) is 24.5. The molecule has 4 rings (SSSR count). The van der Waals surface area contributed by atoms with E-state index in [1.807, 2.05) is 83.8 Å². The summed E-state index contributed by atoms with van der Waals surface area (Å²) in [5.74, 6) is -0.821. The fourth-order valence-electron chi connectivity index (χ4n) is 3.76. The first-order valence-electron chi connectivity index (χ1n) is 9.85. The van der Waals surface area contributed by atoms with Gasteiger partial charge in [0.1, 0.15) is 0 Å². The predicted octanol–water partition coefficient (Wildman–Crippen LogP) is 4.47. The van der Waals surface area contributed by atoms with Crippen molar-refractivity contribution >= 4 is 29.1 Å². The summed E-state index contributed by atoms with van der Waals surface area (Å²) in [6.07, 6.45) is 0.552. The predicted molar refractivity (Wildman–Crippen MR) is 118 cm³/mol. The summed E-state index contributed by atoms with van der Waals surface area (Å²) >= 11 is 0. The first-order valence-corrected chi connectivity index (χ1v) is 9.85. The Hall–Kier alpha value is -3.80. The molecule has 0 radical (unpaired) electrons. The van der Waals surface area contributed by atoms with E-state index in [0.29, 0.717) is 18.7 Å². The third-order valence-corrected chi connectivity index (χ3v) is 5.34. The Morgan fingerprint density at radius 2 is 1.60 bits per heavy atom. The van der Waals surface area contributed by atoms with Crippen molar-refractivity contribution in [1.29, 1.82) is 0 Å². The molecule has 0 aliphatic carbocycles. The Bertz CT molecular complexity index is 1030. The van der Waals surface area contributed by atoms with Crippen LogP contribution in [0.15, 0.2) is 78.9 Å². The van der Waals surface area contributed by atoms with Crippen molar-refractivity contribution in [1.82, 2.24) is 0 Å². The fraction of sp³-hybridized carbons (Fsp3) is 0.167. The second-order valence-corrected chi connectivity index (χ2v) is 7.34. The Morgan fingerprint density at radius 1 is 0.933 bits per heavy atom. The van der Waals surface area contributed by atoms with Gasteiger partial charge in [0, 0.05) is 23.5 Å². The number of carboxylic acid groups (broad SMARTS) is 1. The van der Waals surface area contributed by atoms with Gasteiger partial charge in [-0.3, -0.25) is 14.6 Å². The number of anilines is 3. The molecule has 1 fully saturated rings. The standard InChI is InChI=1S/C24H23N3O3/c25-19-11-9-18(10-12-19)22-16-26(24(30)27(22)21-4-2-1-3-5-21)20-13-6-17(7-14-20)8-15-23(28)29/h1-7,9-14,22H,8,15-16,25H2,(H,28,29). The summed E-state index contributed by atoms with van der Waals surface area (Å²) in [4.78, 5) is 27.8. The summed E-state index contributed by atoms with van der Waals surface area (Å²) in [7, 11) is 0. The molecular formula is C24H23N3O3. The Labute approximate surface area is 175 Å². The highest BCUT2D eigenvalue weighted by atomic mass is 16.4. The van der Waals surface area contributed by atoms with Crippen LogP contribution >= 0.6 is 0 Å². The van der Waals surface area contributed by atoms with Gasteiger partial charge in [-0.15, -0.1) is 0 Å². The molecule has 3 N–H and O–H groups in total. The quantitative estimate of drug-likeness (QED) is 0.597. The highest BCUT2D eigenvalue weighted by molar-refractivity contribution is 6.07. The van der Waals surface area contributed by atoms with Crippen LogP contribution in [0.4, 0.5) is 21.9 Å². The monoisotopic (exact) mass is 401 g/mol. The van der Waals surface area contributed by atoms with Crippen molar-refractivity contribution in [3.63, 3.8) is 0 Å². The number of nitrogens with zero attached hydrogens (tertiary/aromatic N) is 2. The van der Waals surface area contributed by atoms with Crippen molar-refractivity contribution in [3.8, 4) is 0 Å². The van der Waals surface area contributed by atoms with Gasteiger partial charge in [0.2, 0.25) is 0 Å². The molecular weight excluding hydrogens is 378 g/mol. The Morgan fingerprint density at radius 3 is 2.23 bits per heavy atom. The summed E-state index contributed by atoms with van der Waals surface area (Å²) < 4.78 is 0. The smallest absolute Gasteiger partial charge is 0.329 e. The second kappa shape index (κ2) is 8.29. The van der Waals surface area contributed by atoms with E-state index in [1.54, 1.807) is 4.90 Å². The molecule has 0 spiro atoms. The van der Waals surface area contributed by atoms with Gasteiger partial charge in [-0.25, -0.2) is 4.79 Å². The molecule has 6 heteroatoms. The minimum Gasteiger partial charge on any atom is -0.481 e. The van der Waals surface area contributed by atoms with Crippen molar-refractivity contribution in [2.75, 3.05) is 22.1 Å². The van der Waals surface area contributed by atoms with Crippen molar-refractivity contribution in [3.05, 3.63) is 90.0 Å². The molecule has 152 valence electrons. The maximum Gasteiger partial charge on any atom is 0.329 e. The van der Waals surface area contributed by atoms with E-state index in [1.165, 1.54) is 0 Å². The third-order valence-electron chi connectivity index (χ3n) is 5.34. The number of aryl methyl sites for hydroxylation is 1. The van der Waals surface area contributed by atoms with Crippen LogP contribution in [-0.4, -0.2) is 23.7 Å². The molecule has 2 amide bonds. The number of benzene rings is 3. The third kappa shape index (κ3) is 3.98. The maximum absolute atomic E-state index is 13.4. The van der Waals surface area contributed by atoms with E-state index in [2.05, 4.69) is 0 Å². The number of para-hydroxylation sites is 1. The number of nitrogens with two attached hydrogens (primary N) is 1. The molecule has 6 nitrogen and oxygen atoms in total. The fourth-order valence-corrected chi connectivity index (χ4v) is 3.76. The SMILES string of the molecule is Nc1ccc(C2CN(c3ccc(CCC(=O)O)cc3)C(=O)N2c2ccccc2)cc1. The highest BCUT2D eigenvalue weighted by Gasteiger charge is 2.39. The zero-order valence-electron chi connectivity index (χ0n) is 16.4. The molecule has 1 unspecified atom stereocenters. The minimum atomic E-state index is -0.821. The lowest BCUT2D eigenvalue weighted by Gasteiger charge is -2.23. The average Bonchev–Trinajstić information content (AvgIpc) is 3.11. The number of nitrogen functional groups attached to an aromatic ring is 1. The number of amides is 2. The van der Waals surface area contributed by atoms with Crippen LogP contribution in [0.25, 0.3) is 0 Å². The summed E-state index contributed by atoms with van der Waals surface area (Å²) in [6.45, 7) is 0.506. The molecule has 1 atom stereocenters. The maximum atomic E-state index is 13.4. The van der Waals surface area contributed by atoms with Gasteiger partial charge < -0.3 is 10.8 Å². The molecule has 1 heterocycles. The average molecular weight is 401 g/mol. The number of carbonyl (C=O) groups is 2. The largest absolute Gasteiger partial charge is 0.481 e. The zero-order valence-corrected chi connectivity index (χ0v) is 16.4. The van der Waals surface area contributed by atoms with Gasteiger partial charge in [-0.2, -0.15) is 0 Å². The number of aliphatic carboxylic acids is 1. The summed E-state index contributed by atoms with van der Waals surface area (Å²) in [5.41, 5.74) is 10.1. The van der Waals surface area contributed by atoms with Gasteiger partial charge in [-0.05, 0) is 53.9 Å². The van der Waals surface area contributed by atoms with Crippen LogP contribution in [-0.2, 0) is 11.2 Å². The van der Waals surface area contributed by atoms with Crippen LogP contribution in [0.3, 0.4) is 0 Å². The molecule has 0 saturated carbocycles. The van der Waals surface area contributed by atoms with Gasteiger partial charge in [0.25, 0.3) is 0 Å². The van der Waals surface area contributed by atoms with Crippen molar-refractivity contribution in [2.45, 2.75) is 18.9 Å². The van der Waals surface area contributed by atoms with Crippen LogP contribution in [0, 0.1) is 0 Å². The van der Waals surface area contributed by atoms with E-state index in [-0.39, 0.29) is 18.5 Å². The first kappa shape index (κ1) is 19.5. The van der Waals surface area contributed by atoms with E-state index in [0.717, 1.165) is 22.5 Å². The number of carboxylic acids is 1. The number of urea groups is 1. The lowest BCUT2D eigenvalue weighted by atomic mass is 10.0. The van der Waals surface area contributed by atoms with Gasteiger partial charge in [-0.1, -0.05) is 42.5 Å². The normalized spacial score (nSPS) is 16.1.